The van der Waals surface area contributed by atoms with E-state index in [-0.39, 0.29) is 0 Å². The monoisotopic (exact) mass is 332 g/mol. The molecule has 0 amide bonds. The van der Waals surface area contributed by atoms with Crippen LogP contribution in [0.3, 0.4) is 0 Å². The third-order valence-corrected chi connectivity index (χ3v) is 5.63. The Kier molecular flexibility index (Phi) is 3.77. The van der Waals surface area contributed by atoms with Crippen molar-refractivity contribution < 1.29 is 0 Å². The zero-order valence-electron chi connectivity index (χ0n) is 12.2. The molecule has 2 atom stereocenters. The number of halogens is 2. The van der Waals surface area contributed by atoms with Gasteiger partial charge in [0.1, 0.15) is 0 Å². The zero-order chi connectivity index (χ0) is 15.1. The van der Waals surface area contributed by atoms with Crippen molar-refractivity contribution in [1.82, 2.24) is 5.32 Å². The molecule has 0 unspecified atom stereocenters. The van der Waals surface area contributed by atoms with E-state index in [0.717, 1.165) is 31.5 Å². The number of benzene rings is 2. The second-order valence-electron chi connectivity index (χ2n) is 6.05. The van der Waals surface area contributed by atoms with Crippen LogP contribution in [0.15, 0.2) is 36.4 Å². The summed E-state index contributed by atoms with van der Waals surface area (Å²) in [6.07, 6.45) is 2.31. The fraction of sp³-hybridized carbons (Fsp3) is 0.333. The van der Waals surface area contributed by atoms with E-state index in [9.17, 15) is 0 Å². The van der Waals surface area contributed by atoms with Crippen LogP contribution < -0.4 is 10.6 Å². The van der Waals surface area contributed by atoms with E-state index >= 15 is 0 Å². The second-order valence-corrected chi connectivity index (χ2v) is 6.84. The van der Waals surface area contributed by atoms with Crippen LogP contribution in [0.5, 0.6) is 0 Å². The smallest absolute Gasteiger partial charge is 0.0670 e. The van der Waals surface area contributed by atoms with Crippen molar-refractivity contribution in [2.24, 2.45) is 0 Å². The van der Waals surface area contributed by atoms with Gasteiger partial charge in [0.25, 0.3) is 0 Å². The van der Waals surface area contributed by atoms with Gasteiger partial charge in [0.15, 0.2) is 0 Å². The number of fused-ring (bicyclic) bond motifs is 3. The largest absolute Gasteiger partial charge is 0.381 e. The second kappa shape index (κ2) is 5.77. The number of hydrogen-bond donors (Lipinski definition) is 2. The Morgan fingerprint density at radius 1 is 0.909 bits per heavy atom. The molecule has 2 aromatic carbocycles. The summed E-state index contributed by atoms with van der Waals surface area (Å²) >= 11 is 12.7. The van der Waals surface area contributed by atoms with E-state index in [4.69, 9.17) is 23.2 Å². The maximum Gasteiger partial charge on any atom is 0.0670 e. The van der Waals surface area contributed by atoms with Crippen LogP contribution in [0.1, 0.15) is 24.3 Å². The first-order valence-electron chi connectivity index (χ1n) is 7.80. The zero-order valence-corrected chi connectivity index (χ0v) is 13.7. The summed E-state index contributed by atoms with van der Waals surface area (Å²) in [6.45, 7) is 2.15. The highest BCUT2D eigenvalue weighted by atomic mass is 35.5. The van der Waals surface area contributed by atoms with Gasteiger partial charge in [-0.05, 0) is 49.2 Å². The average molecular weight is 333 g/mol. The van der Waals surface area contributed by atoms with Gasteiger partial charge in [-0.1, -0.05) is 47.5 Å². The molecule has 0 aliphatic carbocycles. The molecule has 2 N–H and O–H groups in total. The standard InChI is InChI=1S/C18H18Cl2N2/c19-14-5-1-4-12(18(14)20)11-3-2-6-16-17(11)13-7-9-21-10-8-15(13)22-16/h1-6,13,15,21-22H,7-10H2/t13-,15+/m1/s1. The van der Waals surface area contributed by atoms with Gasteiger partial charge in [-0.2, -0.15) is 0 Å². The topological polar surface area (TPSA) is 24.1 Å². The van der Waals surface area contributed by atoms with E-state index in [1.54, 1.807) is 0 Å². The fourth-order valence-electron chi connectivity index (χ4n) is 3.80. The van der Waals surface area contributed by atoms with Crippen LogP contribution in [-0.2, 0) is 0 Å². The van der Waals surface area contributed by atoms with Crippen molar-refractivity contribution in [3.63, 3.8) is 0 Å². The minimum atomic E-state index is 0.518. The molecule has 0 saturated carbocycles. The molecule has 4 heteroatoms. The number of nitrogens with one attached hydrogen (secondary N) is 2. The molecule has 2 aromatic rings. The van der Waals surface area contributed by atoms with E-state index < -0.39 is 0 Å². The molecule has 1 fully saturated rings. The fourth-order valence-corrected chi connectivity index (χ4v) is 4.20. The quantitative estimate of drug-likeness (QED) is 0.774. The molecule has 114 valence electrons. The lowest BCUT2D eigenvalue weighted by Crippen LogP contribution is -2.21. The van der Waals surface area contributed by atoms with Gasteiger partial charge >= 0.3 is 0 Å². The highest BCUT2D eigenvalue weighted by Gasteiger charge is 2.35. The van der Waals surface area contributed by atoms with Crippen molar-refractivity contribution >= 4 is 28.9 Å². The molecule has 4 rings (SSSR count). The Hall–Kier alpha value is -1.22. The number of anilines is 1. The summed E-state index contributed by atoms with van der Waals surface area (Å²) in [6, 6.07) is 12.8. The van der Waals surface area contributed by atoms with Crippen molar-refractivity contribution in [1.29, 1.82) is 0 Å². The van der Waals surface area contributed by atoms with Gasteiger partial charge in [0, 0.05) is 23.2 Å². The Balaban J connectivity index is 1.87. The van der Waals surface area contributed by atoms with E-state index in [1.807, 2.05) is 12.1 Å². The van der Waals surface area contributed by atoms with E-state index in [0.29, 0.717) is 22.0 Å². The molecular formula is C18H18Cl2N2. The van der Waals surface area contributed by atoms with Gasteiger partial charge in [-0.25, -0.2) is 0 Å². The minimum absolute atomic E-state index is 0.518. The van der Waals surface area contributed by atoms with Gasteiger partial charge in [0.2, 0.25) is 0 Å². The van der Waals surface area contributed by atoms with Crippen LogP contribution in [0.25, 0.3) is 11.1 Å². The Morgan fingerprint density at radius 3 is 2.59 bits per heavy atom. The highest BCUT2D eigenvalue weighted by molar-refractivity contribution is 6.43. The molecule has 0 spiro atoms. The number of hydrogen-bond acceptors (Lipinski definition) is 2. The lowest BCUT2D eigenvalue weighted by Gasteiger charge is -2.18. The normalized spacial score (nSPS) is 23.4. The molecular weight excluding hydrogens is 315 g/mol. The Bertz CT molecular complexity index is 714. The molecule has 22 heavy (non-hydrogen) atoms. The summed E-state index contributed by atoms with van der Waals surface area (Å²) in [7, 11) is 0. The molecule has 2 nitrogen and oxygen atoms in total. The predicted octanol–water partition coefficient (Wildman–Crippen LogP) is 4.92. The summed E-state index contributed by atoms with van der Waals surface area (Å²) in [5, 5.41) is 8.46. The third-order valence-electron chi connectivity index (χ3n) is 4.81. The van der Waals surface area contributed by atoms with Crippen molar-refractivity contribution in [2.75, 3.05) is 18.4 Å². The predicted molar refractivity (Wildman–Crippen MR) is 94.2 cm³/mol. The van der Waals surface area contributed by atoms with Gasteiger partial charge < -0.3 is 10.6 Å². The lowest BCUT2D eigenvalue weighted by atomic mass is 9.86. The average Bonchev–Trinajstić information content (AvgIpc) is 2.72. The molecule has 0 radical (unpaired) electrons. The summed E-state index contributed by atoms with van der Waals surface area (Å²) in [4.78, 5) is 0. The van der Waals surface area contributed by atoms with E-state index in [1.165, 1.54) is 16.8 Å². The van der Waals surface area contributed by atoms with Crippen LogP contribution in [-0.4, -0.2) is 19.1 Å². The third kappa shape index (κ3) is 2.30. The van der Waals surface area contributed by atoms with Crippen molar-refractivity contribution in [2.45, 2.75) is 24.8 Å². The first-order chi connectivity index (χ1) is 10.8. The van der Waals surface area contributed by atoms with Gasteiger partial charge in [-0.15, -0.1) is 0 Å². The van der Waals surface area contributed by atoms with Crippen molar-refractivity contribution in [3.8, 4) is 11.1 Å². The first-order valence-corrected chi connectivity index (χ1v) is 8.56. The minimum Gasteiger partial charge on any atom is -0.381 e. The molecule has 0 aromatic heterocycles. The molecule has 2 aliphatic rings. The molecule has 0 bridgehead atoms. The molecule has 2 heterocycles. The van der Waals surface area contributed by atoms with Gasteiger partial charge in [0.05, 0.1) is 10.0 Å². The van der Waals surface area contributed by atoms with Gasteiger partial charge in [-0.3, -0.25) is 0 Å². The summed E-state index contributed by atoms with van der Waals surface area (Å²) in [5.41, 5.74) is 4.91. The summed E-state index contributed by atoms with van der Waals surface area (Å²) in [5.74, 6) is 0.538. The Morgan fingerprint density at radius 2 is 1.68 bits per heavy atom. The van der Waals surface area contributed by atoms with Crippen molar-refractivity contribution in [3.05, 3.63) is 52.0 Å². The Labute approximate surface area is 140 Å². The SMILES string of the molecule is Clc1cccc(-c2cccc3c2[C@@H]2CCNCC[C@@H]2N3)c1Cl. The van der Waals surface area contributed by atoms with Crippen LogP contribution >= 0.6 is 23.2 Å². The maximum atomic E-state index is 6.47. The maximum absolute atomic E-state index is 6.47. The summed E-state index contributed by atoms with van der Waals surface area (Å²) < 4.78 is 0. The van der Waals surface area contributed by atoms with E-state index in [2.05, 4.69) is 34.9 Å². The first kappa shape index (κ1) is 14.4. The van der Waals surface area contributed by atoms with Crippen LogP contribution in [0.4, 0.5) is 5.69 Å². The lowest BCUT2D eigenvalue weighted by molar-refractivity contribution is 0.579. The highest BCUT2D eigenvalue weighted by Crippen LogP contribution is 2.47. The molecule has 1 saturated heterocycles. The van der Waals surface area contributed by atoms with Crippen LogP contribution in [0, 0.1) is 0 Å². The molecule has 2 aliphatic heterocycles. The van der Waals surface area contributed by atoms with Crippen LogP contribution in [0.2, 0.25) is 10.0 Å². The number of rotatable bonds is 1.